The van der Waals surface area contributed by atoms with Crippen molar-refractivity contribution in [3.63, 3.8) is 0 Å². The summed E-state index contributed by atoms with van der Waals surface area (Å²) in [6.07, 6.45) is 4.13. The van der Waals surface area contributed by atoms with Crippen molar-refractivity contribution in [1.82, 2.24) is 39.7 Å². The van der Waals surface area contributed by atoms with Crippen LogP contribution in [0, 0.1) is 5.95 Å². The summed E-state index contributed by atoms with van der Waals surface area (Å²) in [6, 6.07) is 11.5. The zero-order chi connectivity index (χ0) is 24.1. The van der Waals surface area contributed by atoms with Gasteiger partial charge in [-0.3, -0.25) is 4.79 Å². The van der Waals surface area contributed by atoms with Crippen LogP contribution in [-0.4, -0.2) is 39.7 Å². The summed E-state index contributed by atoms with van der Waals surface area (Å²) in [7, 11) is 0. The van der Waals surface area contributed by atoms with Gasteiger partial charge in [0.2, 0.25) is 5.95 Å². The van der Waals surface area contributed by atoms with Crippen LogP contribution < -0.4 is 11.3 Å². The van der Waals surface area contributed by atoms with Gasteiger partial charge in [-0.2, -0.15) is 14.1 Å². The Bertz CT molecular complexity index is 1610. The number of nitrogen functional groups attached to an aromatic ring is 1. The Hall–Kier alpha value is -4.38. The zero-order valence-corrected chi connectivity index (χ0v) is 18.8. The summed E-state index contributed by atoms with van der Waals surface area (Å²) in [4.78, 5) is 24.4. The average Bonchev–Trinajstić information content (AvgIpc) is 3.59. The first-order valence-electron chi connectivity index (χ1n) is 10.7. The molecule has 174 valence electrons. The molecule has 0 saturated carbocycles. The van der Waals surface area contributed by atoms with Gasteiger partial charge in [-0.1, -0.05) is 11.6 Å². The molecule has 1 aliphatic heterocycles. The molecule has 5 heterocycles. The molecular weight excluding hydrogens is 473 g/mol. The van der Waals surface area contributed by atoms with Gasteiger partial charge < -0.3 is 15.3 Å². The maximum Gasteiger partial charge on any atom is 0.251 e. The van der Waals surface area contributed by atoms with Crippen molar-refractivity contribution < 1.29 is 4.39 Å². The van der Waals surface area contributed by atoms with E-state index < -0.39 is 12.0 Å². The predicted octanol–water partition coefficient (Wildman–Crippen LogP) is 3.19. The molecule has 1 aliphatic rings. The Morgan fingerprint density at radius 2 is 2.03 bits per heavy atom. The van der Waals surface area contributed by atoms with E-state index >= 15 is 0 Å². The quantitative estimate of drug-likeness (QED) is 0.396. The smallest absolute Gasteiger partial charge is 0.251 e. The Balaban J connectivity index is 1.41. The monoisotopic (exact) mass is 489 g/mol. The number of hydrogen-bond acceptors (Lipinski definition) is 7. The number of nitrogens with one attached hydrogen (secondary N) is 1. The van der Waals surface area contributed by atoms with Crippen molar-refractivity contribution in [2.75, 3.05) is 5.73 Å². The molecule has 1 unspecified atom stereocenters. The first kappa shape index (κ1) is 21.2. The van der Waals surface area contributed by atoms with Crippen LogP contribution in [0.1, 0.15) is 23.9 Å². The lowest BCUT2D eigenvalue weighted by atomic mass is 10.0. The Labute approximate surface area is 202 Å². The van der Waals surface area contributed by atoms with Crippen LogP contribution >= 0.6 is 11.6 Å². The topological polar surface area (TPSA) is 133 Å². The molecule has 3 N–H and O–H groups in total. The minimum Gasteiger partial charge on any atom is -0.384 e. The van der Waals surface area contributed by atoms with E-state index in [1.165, 1.54) is 23.3 Å². The number of fused-ring (bicyclic) bond motifs is 1. The molecule has 0 fully saturated rings. The fourth-order valence-electron chi connectivity index (χ4n) is 4.50. The maximum atomic E-state index is 14.9. The number of nitrogens with zero attached hydrogens (tertiary/aromatic N) is 7. The fraction of sp³-hybridized carbons (Fsp3) is 0.130. The van der Waals surface area contributed by atoms with Gasteiger partial charge in [0.05, 0.1) is 17.4 Å². The van der Waals surface area contributed by atoms with Gasteiger partial charge in [0.1, 0.15) is 18.0 Å². The number of tetrazole rings is 1. The van der Waals surface area contributed by atoms with Crippen LogP contribution in [0.15, 0.2) is 59.8 Å². The van der Waals surface area contributed by atoms with E-state index in [2.05, 4.69) is 30.5 Å². The van der Waals surface area contributed by atoms with Crippen LogP contribution in [0.25, 0.3) is 28.2 Å². The minimum atomic E-state index is -0.651. The highest BCUT2D eigenvalue weighted by Crippen LogP contribution is 2.35. The third-order valence-corrected chi connectivity index (χ3v) is 6.31. The summed E-state index contributed by atoms with van der Waals surface area (Å²) < 4.78 is 18.0. The van der Waals surface area contributed by atoms with Gasteiger partial charge in [-0.05, 0) is 65.2 Å². The number of imidazole rings is 1. The molecule has 0 aliphatic carbocycles. The number of anilines is 1. The molecular formula is C23H17ClFN9O. The van der Waals surface area contributed by atoms with Crippen molar-refractivity contribution >= 4 is 17.4 Å². The number of halogens is 2. The van der Waals surface area contributed by atoms with E-state index in [0.717, 1.165) is 5.69 Å². The normalized spacial score (nSPS) is 14.9. The molecule has 0 amide bonds. The number of hydrogen-bond donors (Lipinski definition) is 2. The lowest BCUT2D eigenvalue weighted by Gasteiger charge is -2.15. The summed E-state index contributed by atoms with van der Waals surface area (Å²) in [6.45, 7) is 0. The van der Waals surface area contributed by atoms with Crippen LogP contribution in [0.2, 0.25) is 5.02 Å². The number of rotatable bonds is 4. The molecule has 0 saturated heterocycles. The molecule has 5 aromatic rings. The molecule has 0 spiro atoms. The Morgan fingerprint density at radius 1 is 1.14 bits per heavy atom. The average molecular weight is 490 g/mol. The van der Waals surface area contributed by atoms with E-state index in [1.807, 2.05) is 6.07 Å². The van der Waals surface area contributed by atoms with E-state index in [0.29, 0.717) is 51.9 Å². The molecule has 4 aromatic heterocycles. The lowest BCUT2D eigenvalue weighted by molar-refractivity contribution is 0.515. The third kappa shape index (κ3) is 3.66. The SMILES string of the molecule is Nc1ccc(-c2nc(F)c(C3CCc4cc(-c5cc(Cl)ccc5-n5cnnn5)cc(=O)n43)[nH]2)cn1. The zero-order valence-electron chi connectivity index (χ0n) is 18.1. The molecule has 1 aromatic carbocycles. The largest absolute Gasteiger partial charge is 0.384 e. The van der Waals surface area contributed by atoms with Crippen LogP contribution in [0.4, 0.5) is 10.2 Å². The predicted molar refractivity (Wildman–Crippen MR) is 127 cm³/mol. The lowest BCUT2D eigenvalue weighted by Crippen LogP contribution is -2.24. The number of nitrogens with two attached hydrogens (primary N) is 1. The van der Waals surface area contributed by atoms with E-state index in [9.17, 15) is 9.18 Å². The third-order valence-electron chi connectivity index (χ3n) is 6.08. The number of pyridine rings is 2. The second-order valence-electron chi connectivity index (χ2n) is 8.18. The number of aromatic nitrogens is 8. The van der Waals surface area contributed by atoms with E-state index in [4.69, 9.17) is 17.3 Å². The summed E-state index contributed by atoms with van der Waals surface area (Å²) >= 11 is 6.26. The highest BCUT2D eigenvalue weighted by atomic mass is 35.5. The van der Waals surface area contributed by atoms with Gasteiger partial charge in [-0.25, -0.2) is 4.98 Å². The van der Waals surface area contributed by atoms with E-state index in [-0.39, 0.29) is 11.3 Å². The number of H-pyrrole nitrogens is 1. The maximum absolute atomic E-state index is 14.9. The first-order chi connectivity index (χ1) is 17.0. The van der Waals surface area contributed by atoms with Crippen molar-refractivity contribution in [3.05, 3.63) is 87.7 Å². The number of aryl methyl sites for hydroxylation is 1. The number of aromatic amines is 1. The summed E-state index contributed by atoms with van der Waals surface area (Å²) in [5.74, 6) is 0.0330. The molecule has 0 bridgehead atoms. The van der Waals surface area contributed by atoms with Crippen molar-refractivity contribution in [3.8, 4) is 28.2 Å². The van der Waals surface area contributed by atoms with Gasteiger partial charge in [0.15, 0.2) is 0 Å². The van der Waals surface area contributed by atoms with Gasteiger partial charge >= 0.3 is 0 Å². The van der Waals surface area contributed by atoms with E-state index in [1.54, 1.807) is 34.9 Å². The van der Waals surface area contributed by atoms with Gasteiger partial charge in [-0.15, -0.1) is 5.10 Å². The van der Waals surface area contributed by atoms with Gasteiger partial charge in [0, 0.05) is 34.1 Å². The van der Waals surface area contributed by atoms with Crippen LogP contribution in [0.3, 0.4) is 0 Å². The highest BCUT2D eigenvalue weighted by Gasteiger charge is 2.30. The molecule has 6 rings (SSSR count). The van der Waals surface area contributed by atoms with Crippen LogP contribution in [0.5, 0.6) is 0 Å². The molecule has 0 radical (unpaired) electrons. The fourth-order valence-corrected chi connectivity index (χ4v) is 4.68. The Kier molecular flexibility index (Phi) is 4.92. The second kappa shape index (κ2) is 8.13. The van der Waals surface area contributed by atoms with Crippen LogP contribution in [-0.2, 0) is 6.42 Å². The first-order valence-corrected chi connectivity index (χ1v) is 11.1. The second-order valence-corrected chi connectivity index (χ2v) is 8.61. The summed E-state index contributed by atoms with van der Waals surface area (Å²) in [5, 5.41) is 11.8. The molecule has 35 heavy (non-hydrogen) atoms. The van der Waals surface area contributed by atoms with Crippen molar-refractivity contribution in [2.45, 2.75) is 18.9 Å². The summed E-state index contributed by atoms with van der Waals surface area (Å²) in [5.41, 5.74) is 9.08. The Morgan fingerprint density at radius 3 is 2.80 bits per heavy atom. The molecule has 1 atom stereocenters. The molecule has 10 nitrogen and oxygen atoms in total. The highest BCUT2D eigenvalue weighted by molar-refractivity contribution is 6.31. The standard InChI is InChI=1S/C23H17ClFN9O/c24-14-2-4-17(33-11-28-31-32-33)16(9-14)13-7-15-3-5-18(34(15)20(35)8-13)21-22(25)30-23(29-21)12-1-6-19(26)27-10-12/h1-2,4,6-11,18H,3,5H2,(H2,26,27)(H,29,30). The van der Waals surface area contributed by atoms with Crippen molar-refractivity contribution in [1.29, 1.82) is 0 Å². The number of benzene rings is 1. The minimum absolute atomic E-state index is 0.252. The van der Waals surface area contributed by atoms with Crippen molar-refractivity contribution in [2.24, 2.45) is 0 Å². The molecule has 12 heteroatoms. The van der Waals surface area contributed by atoms with Gasteiger partial charge in [0.25, 0.3) is 5.56 Å².